The zero-order valence-electron chi connectivity index (χ0n) is 10.7. The number of rotatable bonds is 7. The summed E-state index contributed by atoms with van der Waals surface area (Å²) in [5.41, 5.74) is 1.23. The van der Waals surface area contributed by atoms with Crippen molar-refractivity contribution in [3.05, 3.63) is 18.0 Å². The molecule has 0 fully saturated rings. The van der Waals surface area contributed by atoms with Crippen LogP contribution in [0.25, 0.3) is 0 Å². The van der Waals surface area contributed by atoms with Crippen LogP contribution in [0, 0.1) is 0 Å². The predicted molar refractivity (Wildman–Crippen MR) is 65.4 cm³/mol. The molecule has 0 aliphatic rings. The number of ether oxygens (including phenoxy) is 1. The lowest BCUT2D eigenvalue weighted by Crippen LogP contribution is -2.34. The Morgan fingerprint density at radius 2 is 2.25 bits per heavy atom. The van der Waals surface area contributed by atoms with Crippen LogP contribution in [-0.4, -0.2) is 29.5 Å². The van der Waals surface area contributed by atoms with Crippen LogP contribution in [0.15, 0.2) is 12.4 Å². The van der Waals surface area contributed by atoms with E-state index >= 15 is 0 Å². The standard InChI is InChI=1S/C12H23N3O/c1-5-12(9-16-4)14-10(3)11-7-13-15(6-2)8-11/h7-8,10,12,14H,5-6,9H2,1-4H3. The van der Waals surface area contributed by atoms with E-state index in [4.69, 9.17) is 4.74 Å². The molecule has 0 bridgehead atoms. The van der Waals surface area contributed by atoms with Crippen LogP contribution in [0.5, 0.6) is 0 Å². The minimum Gasteiger partial charge on any atom is -0.383 e. The number of hydrogen-bond acceptors (Lipinski definition) is 3. The molecule has 0 aromatic carbocycles. The normalized spacial score (nSPS) is 15.0. The average Bonchev–Trinajstić information content (AvgIpc) is 2.76. The smallest absolute Gasteiger partial charge is 0.0615 e. The van der Waals surface area contributed by atoms with Gasteiger partial charge in [-0.1, -0.05) is 6.92 Å². The Morgan fingerprint density at radius 3 is 2.75 bits per heavy atom. The van der Waals surface area contributed by atoms with E-state index < -0.39 is 0 Å². The third-order valence-corrected chi connectivity index (χ3v) is 2.82. The fourth-order valence-electron chi connectivity index (χ4n) is 1.71. The van der Waals surface area contributed by atoms with Crippen molar-refractivity contribution in [2.24, 2.45) is 0 Å². The minimum absolute atomic E-state index is 0.320. The molecule has 0 aliphatic heterocycles. The first kappa shape index (κ1) is 13.2. The summed E-state index contributed by atoms with van der Waals surface area (Å²) in [5.74, 6) is 0. The van der Waals surface area contributed by atoms with Gasteiger partial charge in [0.25, 0.3) is 0 Å². The second-order valence-electron chi connectivity index (χ2n) is 4.08. The molecule has 0 spiro atoms. The van der Waals surface area contributed by atoms with Crippen LogP contribution in [0.4, 0.5) is 0 Å². The lowest BCUT2D eigenvalue weighted by molar-refractivity contribution is 0.159. The molecule has 0 saturated heterocycles. The van der Waals surface area contributed by atoms with Crippen molar-refractivity contribution < 1.29 is 4.74 Å². The van der Waals surface area contributed by atoms with Gasteiger partial charge >= 0.3 is 0 Å². The third kappa shape index (κ3) is 3.61. The van der Waals surface area contributed by atoms with Crippen LogP contribution < -0.4 is 5.32 Å². The quantitative estimate of drug-likeness (QED) is 0.771. The van der Waals surface area contributed by atoms with Gasteiger partial charge in [-0.15, -0.1) is 0 Å². The Balaban J connectivity index is 2.52. The van der Waals surface area contributed by atoms with Crippen LogP contribution in [0.1, 0.15) is 38.8 Å². The Morgan fingerprint density at radius 1 is 1.50 bits per heavy atom. The van der Waals surface area contributed by atoms with Crippen molar-refractivity contribution in [1.82, 2.24) is 15.1 Å². The van der Waals surface area contributed by atoms with Gasteiger partial charge < -0.3 is 10.1 Å². The van der Waals surface area contributed by atoms with Crippen molar-refractivity contribution in [3.63, 3.8) is 0 Å². The fraction of sp³-hybridized carbons (Fsp3) is 0.750. The van der Waals surface area contributed by atoms with Crippen molar-refractivity contribution in [2.45, 2.75) is 45.8 Å². The molecule has 1 heterocycles. The van der Waals surface area contributed by atoms with Crippen molar-refractivity contribution in [2.75, 3.05) is 13.7 Å². The predicted octanol–water partition coefficient (Wildman–Crippen LogP) is 1.98. The molecule has 1 N–H and O–H groups in total. The highest BCUT2D eigenvalue weighted by molar-refractivity contribution is 5.09. The third-order valence-electron chi connectivity index (χ3n) is 2.82. The Hall–Kier alpha value is -0.870. The molecule has 4 nitrogen and oxygen atoms in total. The molecule has 2 unspecified atom stereocenters. The molecule has 1 rings (SSSR count). The topological polar surface area (TPSA) is 39.1 Å². The summed E-state index contributed by atoms with van der Waals surface area (Å²) in [6.07, 6.45) is 5.10. The molecule has 0 aliphatic carbocycles. The first-order valence-corrected chi connectivity index (χ1v) is 5.98. The number of methoxy groups -OCH3 is 1. The number of aryl methyl sites for hydroxylation is 1. The van der Waals surface area contributed by atoms with Crippen LogP contribution in [-0.2, 0) is 11.3 Å². The maximum atomic E-state index is 5.17. The van der Waals surface area contributed by atoms with Gasteiger partial charge in [0.1, 0.15) is 0 Å². The summed E-state index contributed by atoms with van der Waals surface area (Å²) in [7, 11) is 1.74. The summed E-state index contributed by atoms with van der Waals surface area (Å²) in [4.78, 5) is 0. The molecule has 92 valence electrons. The van der Waals surface area contributed by atoms with Crippen LogP contribution in [0.3, 0.4) is 0 Å². The van der Waals surface area contributed by atoms with E-state index in [2.05, 4.69) is 37.4 Å². The number of nitrogens with zero attached hydrogens (tertiary/aromatic N) is 2. The summed E-state index contributed by atoms with van der Waals surface area (Å²) in [6.45, 7) is 8.09. The van der Waals surface area contributed by atoms with Gasteiger partial charge in [0.15, 0.2) is 0 Å². The van der Waals surface area contributed by atoms with Gasteiger partial charge in [-0.05, 0) is 20.3 Å². The summed E-state index contributed by atoms with van der Waals surface area (Å²) >= 11 is 0. The van der Waals surface area contributed by atoms with Crippen LogP contribution >= 0.6 is 0 Å². The lowest BCUT2D eigenvalue weighted by Gasteiger charge is -2.20. The Kier molecular flexibility index (Phi) is 5.49. The molecule has 1 aromatic heterocycles. The number of nitrogens with one attached hydrogen (secondary N) is 1. The second kappa shape index (κ2) is 6.66. The highest BCUT2D eigenvalue weighted by Gasteiger charge is 2.12. The molecule has 0 amide bonds. The summed E-state index contributed by atoms with van der Waals surface area (Å²) < 4.78 is 7.12. The molecular formula is C12H23N3O. The Bertz CT molecular complexity index is 298. The van der Waals surface area contributed by atoms with Crippen molar-refractivity contribution in [3.8, 4) is 0 Å². The zero-order chi connectivity index (χ0) is 12.0. The van der Waals surface area contributed by atoms with Gasteiger partial charge in [-0.25, -0.2) is 0 Å². The van der Waals surface area contributed by atoms with E-state index in [1.165, 1.54) is 5.56 Å². The maximum absolute atomic E-state index is 5.17. The van der Waals surface area contributed by atoms with Gasteiger partial charge in [0.05, 0.1) is 12.8 Å². The van der Waals surface area contributed by atoms with E-state index in [-0.39, 0.29) is 0 Å². The molecule has 2 atom stereocenters. The first-order valence-electron chi connectivity index (χ1n) is 5.98. The van der Waals surface area contributed by atoms with Gasteiger partial charge in [0.2, 0.25) is 0 Å². The van der Waals surface area contributed by atoms with Gasteiger partial charge in [0, 0.05) is 37.5 Å². The monoisotopic (exact) mass is 225 g/mol. The van der Waals surface area contributed by atoms with Crippen molar-refractivity contribution >= 4 is 0 Å². The largest absolute Gasteiger partial charge is 0.383 e. The zero-order valence-corrected chi connectivity index (χ0v) is 10.7. The van der Waals surface area contributed by atoms with Gasteiger partial charge in [-0.2, -0.15) is 5.10 Å². The maximum Gasteiger partial charge on any atom is 0.0615 e. The number of aromatic nitrogens is 2. The van der Waals surface area contributed by atoms with E-state index in [1.807, 2.05) is 10.9 Å². The summed E-state index contributed by atoms with van der Waals surface area (Å²) in [6, 6.07) is 0.727. The number of hydrogen-bond donors (Lipinski definition) is 1. The Labute approximate surface area is 98.0 Å². The van der Waals surface area contributed by atoms with E-state index in [0.717, 1.165) is 19.6 Å². The molecule has 0 radical (unpaired) electrons. The molecule has 16 heavy (non-hydrogen) atoms. The van der Waals surface area contributed by atoms with Crippen molar-refractivity contribution in [1.29, 1.82) is 0 Å². The minimum atomic E-state index is 0.320. The van der Waals surface area contributed by atoms with E-state index in [9.17, 15) is 0 Å². The highest BCUT2D eigenvalue weighted by Crippen LogP contribution is 2.12. The first-order chi connectivity index (χ1) is 7.71. The molecule has 0 saturated carbocycles. The second-order valence-corrected chi connectivity index (χ2v) is 4.08. The average molecular weight is 225 g/mol. The molecule has 4 heteroatoms. The lowest BCUT2D eigenvalue weighted by atomic mass is 10.1. The fourth-order valence-corrected chi connectivity index (χ4v) is 1.71. The van der Waals surface area contributed by atoms with E-state index in [0.29, 0.717) is 12.1 Å². The molecular weight excluding hydrogens is 202 g/mol. The van der Waals surface area contributed by atoms with Crippen LogP contribution in [0.2, 0.25) is 0 Å². The highest BCUT2D eigenvalue weighted by atomic mass is 16.5. The molecule has 1 aromatic rings. The van der Waals surface area contributed by atoms with Gasteiger partial charge in [-0.3, -0.25) is 4.68 Å². The SMILES string of the molecule is CCC(COC)NC(C)c1cnn(CC)c1. The van der Waals surface area contributed by atoms with E-state index in [1.54, 1.807) is 7.11 Å². The summed E-state index contributed by atoms with van der Waals surface area (Å²) in [5, 5.41) is 7.82.